The third kappa shape index (κ3) is 3.63. The standard InChI is InChI=1S/C11H20O3S/c12-6-9(13)7-15-4-3-8-1-2-10-11(5-8)14-10/h8-13H,1-7H2. The highest BCUT2D eigenvalue weighted by atomic mass is 32.2. The number of fused-ring (bicyclic) bond motifs is 1. The topological polar surface area (TPSA) is 53.0 Å². The average molecular weight is 232 g/mol. The fourth-order valence-electron chi connectivity index (χ4n) is 2.27. The lowest BCUT2D eigenvalue weighted by Crippen LogP contribution is -2.16. The lowest BCUT2D eigenvalue weighted by atomic mass is 9.88. The Morgan fingerprint density at radius 3 is 2.93 bits per heavy atom. The molecule has 0 bridgehead atoms. The van der Waals surface area contributed by atoms with Crippen LogP contribution in [0.15, 0.2) is 0 Å². The predicted molar refractivity (Wildman–Crippen MR) is 61.0 cm³/mol. The zero-order chi connectivity index (χ0) is 10.7. The Morgan fingerprint density at radius 2 is 2.20 bits per heavy atom. The SMILES string of the molecule is OCC(O)CSCCC1CCC2OC2C1. The van der Waals surface area contributed by atoms with Crippen LogP contribution in [0.5, 0.6) is 0 Å². The fourth-order valence-corrected chi connectivity index (χ4v) is 3.32. The Labute approximate surface area is 95.2 Å². The van der Waals surface area contributed by atoms with Crippen LogP contribution in [0.3, 0.4) is 0 Å². The summed E-state index contributed by atoms with van der Waals surface area (Å²) in [5.74, 6) is 2.58. The predicted octanol–water partition coefficient (Wildman–Crippen LogP) is 1.03. The summed E-state index contributed by atoms with van der Waals surface area (Å²) < 4.78 is 5.49. The Hall–Kier alpha value is 0.230. The average Bonchev–Trinajstić information content (AvgIpc) is 3.02. The summed E-state index contributed by atoms with van der Waals surface area (Å²) in [6, 6.07) is 0. The molecule has 2 aliphatic rings. The van der Waals surface area contributed by atoms with E-state index >= 15 is 0 Å². The molecule has 2 rings (SSSR count). The number of epoxide rings is 1. The Balaban J connectivity index is 1.50. The van der Waals surface area contributed by atoms with Crippen molar-refractivity contribution >= 4 is 11.8 Å². The van der Waals surface area contributed by atoms with Crippen LogP contribution in [0, 0.1) is 5.92 Å². The van der Waals surface area contributed by atoms with E-state index < -0.39 is 6.10 Å². The molecule has 2 fully saturated rings. The van der Waals surface area contributed by atoms with Gasteiger partial charge in [-0.05, 0) is 37.4 Å². The van der Waals surface area contributed by atoms with Gasteiger partial charge in [0.05, 0.1) is 24.9 Å². The van der Waals surface area contributed by atoms with Gasteiger partial charge in [-0.2, -0.15) is 11.8 Å². The van der Waals surface area contributed by atoms with Gasteiger partial charge in [0.1, 0.15) is 0 Å². The first-order valence-corrected chi connectivity index (χ1v) is 6.97. The van der Waals surface area contributed by atoms with Crippen molar-refractivity contribution in [2.75, 3.05) is 18.1 Å². The number of ether oxygens (including phenoxy) is 1. The van der Waals surface area contributed by atoms with E-state index in [1.54, 1.807) is 11.8 Å². The molecule has 0 spiro atoms. The van der Waals surface area contributed by atoms with Crippen molar-refractivity contribution in [3.8, 4) is 0 Å². The number of aliphatic hydroxyl groups excluding tert-OH is 2. The van der Waals surface area contributed by atoms with Crippen LogP contribution in [0.1, 0.15) is 25.7 Å². The first-order valence-electron chi connectivity index (χ1n) is 5.81. The zero-order valence-corrected chi connectivity index (χ0v) is 9.79. The summed E-state index contributed by atoms with van der Waals surface area (Å²) in [6.45, 7) is -0.117. The second kappa shape index (κ2) is 5.53. The van der Waals surface area contributed by atoms with Crippen LogP contribution in [0.4, 0.5) is 0 Å². The minimum atomic E-state index is -0.544. The first-order chi connectivity index (χ1) is 7.29. The van der Waals surface area contributed by atoms with Crippen molar-refractivity contribution in [3.63, 3.8) is 0 Å². The van der Waals surface area contributed by atoms with Gasteiger partial charge in [-0.3, -0.25) is 0 Å². The molecule has 2 N–H and O–H groups in total. The van der Waals surface area contributed by atoms with Gasteiger partial charge in [-0.15, -0.1) is 0 Å². The molecule has 88 valence electrons. The summed E-state index contributed by atoms with van der Waals surface area (Å²) in [5, 5.41) is 17.8. The van der Waals surface area contributed by atoms with Gasteiger partial charge in [-0.25, -0.2) is 0 Å². The fraction of sp³-hybridized carbons (Fsp3) is 1.00. The highest BCUT2D eigenvalue weighted by Crippen LogP contribution is 2.40. The molecule has 0 aromatic rings. The maximum atomic E-state index is 9.15. The first kappa shape index (κ1) is 11.7. The summed E-state index contributed by atoms with van der Waals surface area (Å²) in [4.78, 5) is 0. The molecule has 0 aromatic heterocycles. The van der Waals surface area contributed by atoms with Gasteiger partial charge in [0.25, 0.3) is 0 Å². The molecule has 4 heteroatoms. The second-order valence-electron chi connectivity index (χ2n) is 4.59. The molecule has 0 amide bonds. The normalized spacial score (nSPS) is 36.0. The third-order valence-corrected chi connectivity index (χ3v) is 4.45. The molecule has 1 saturated heterocycles. The largest absolute Gasteiger partial charge is 0.394 e. The zero-order valence-electron chi connectivity index (χ0n) is 8.97. The lowest BCUT2D eigenvalue weighted by Gasteiger charge is -2.18. The van der Waals surface area contributed by atoms with Gasteiger partial charge in [0, 0.05) is 5.75 Å². The summed E-state index contributed by atoms with van der Waals surface area (Å²) in [5.41, 5.74) is 0. The van der Waals surface area contributed by atoms with Crippen LogP contribution in [-0.4, -0.2) is 46.6 Å². The van der Waals surface area contributed by atoms with Crippen LogP contribution < -0.4 is 0 Å². The van der Waals surface area contributed by atoms with Crippen molar-refractivity contribution in [2.24, 2.45) is 5.92 Å². The van der Waals surface area contributed by atoms with Gasteiger partial charge >= 0.3 is 0 Å². The Kier molecular flexibility index (Phi) is 4.31. The smallest absolute Gasteiger partial charge is 0.0861 e. The molecule has 0 radical (unpaired) electrons. The van der Waals surface area contributed by atoms with E-state index in [2.05, 4.69) is 0 Å². The van der Waals surface area contributed by atoms with Crippen molar-refractivity contribution < 1.29 is 14.9 Å². The third-order valence-electron chi connectivity index (χ3n) is 3.30. The molecule has 1 saturated carbocycles. The van der Waals surface area contributed by atoms with Crippen LogP contribution in [-0.2, 0) is 4.74 Å². The van der Waals surface area contributed by atoms with Crippen molar-refractivity contribution in [1.82, 2.24) is 0 Å². The molecule has 4 unspecified atom stereocenters. The molecule has 15 heavy (non-hydrogen) atoms. The highest BCUT2D eigenvalue weighted by Gasteiger charge is 2.43. The summed E-state index contributed by atoms with van der Waals surface area (Å²) in [7, 11) is 0. The van der Waals surface area contributed by atoms with E-state index in [1.165, 1.54) is 25.7 Å². The molecule has 1 aliphatic carbocycles. The van der Waals surface area contributed by atoms with Gasteiger partial charge in [-0.1, -0.05) is 0 Å². The molecule has 3 nitrogen and oxygen atoms in total. The minimum absolute atomic E-state index is 0.117. The molecule has 0 aromatic carbocycles. The quantitative estimate of drug-likeness (QED) is 0.530. The van der Waals surface area contributed by atoms with Crippen molar-refractivity contribution in [1.29, 1.82) is 0 Å². The van der Waals surface area contributed by atoms with Crippen molar-refractivity contribution in [3.05, 3.63) is 0 Å². The van der Waals surface area contributed by atoms with Crippen LogP contribution in [0.25, 0.3) is 0 Å². The number of hydrogen-bond acceptors (Lipinski definition) is 4. The number of rotatable bonds is 6. The molecular weight excluding hydrogens is 212 g/mol. The molecular formula is C11H20O3S. The van der Waals surface area contributed by atoms with Gasteiger partial charge < -0.3 is 14.9 Å². The van der Waals surface area contributed by atoms with E-state index in [0.717, 1.165) is 11.7 Å². The minimum Gasteiger partial charge on any atom is -0.394 e. The summed E-state index contributed by atoms with van der Waals surface area (Å²) in [6.07, 6.45) is 5.67. The number of aliphatic hydroxyl groups is 2. The van der Waals surface area contributed by atoms with E-state index in [-0.39, 0.29) is 6.61 Å². The van der Waals surface area contributed by atoms with Gasteiger partial charge in [0.2, 0.25) is 0 Å². The van der Waals surface area contributed by atoms with Crippen LogP contribution >= 0.6 is 11.8 Å². The Bertz CT molecular complexity index is 200. The van der Waals surface area contributed by atoms with E-state index in [0.29, 0.717) is 18.0 Å². The molecule has 4 atom stereocenters. The summed E-state index contributed by atoms with van der Waals surface area (Å²) >= 11 is 1.74. The highest BCUT2D eigenvalue weighted by molar-refractivity contribution is 7.99. The number of thioether (sulfide) groups is 1. The molecule has 1 aliphatic heterocycles. The van der Waals surface area contributed by atoms with E-state index in [4.69, 9.17) is 14.9 Å². The van der Waals surface area contributed by atoms with E-state index in [9.17, 15) is 0 Å². The lowest BCUT2D eigenvalue weighted by molar-refractivity contribution is 0.113. The van der Waals surface area contributed by atoms with Crippen molar-refractivity contribution in [2.45, 2.75) is 44.0 Å². The molecule has 1 heterocycles. The van der Waals surface area contributed by atoms with Crippen LogP contribution in [0.2, 0.25) is 0 Å². The number of hydrogen-bond donors (Lipinski definition) is 2. The maximum absolute atomic E-state index is 9.15. The second-order valence-corrected chi connectivity index (χ2v) is 5.74. The monoisotopic (exact) mass is 232 g/mol. The Morgan fingerprint density at radius 1 is 1.33 bits per heavy atom. The van der Waals surface area contributed by atoms with E-state index in [1.807, 2.05) is 0 Å². The maximum Gasteiger partial charge on any atom is 0.0861 e. The van der Waals surface area contributed by atoms with Gasteiger partial charge in [0.15, 0.2) is 0 Å².